The highest BCUT2D eigenvalue weighted by molar-refractivity contribution is 6.45. The Kier molecular flexibility index (Phi) is 19.7. The van der Waals surface area contributed by atoms with Gasteiger partial charge in [-0.25, -0.2) is 9.59 Å². The highest BCUT2D eigenvalue weighted by Crippen LogP contribution is 2.59. The lowest BCUT2D eigenvalue weighted by atomic mass is 9.80. The summed E-state index contributed by atoms with van der Waals surface area (Å²) < 4.78 is 64.4. The summed E-state index contributed by atoms with van der Waals surface area (Å²) in [5.41, 5.74) is 2.90. The maximum Gasteiger partial charge on any atom is 0.334 e. The molecule has 0 aromatic heterocycles. The fraction of sp³-hybridized carbons (Fsp3) is 0.340. The van der Waals surface area contributed by atoms with Gasteiger partial charge in [0, 0.05) is 43.1 Å². The lowest BCUT2D eigenvalue weighted by molar-refractivity contribution is -0.140. The Morgan fingerprint density at radius 1 is 0.339 bits per heavy atom. The van der Waals surface area contributed by atoms with Crippen LogP contribution in [0.25, 0.3) is 43.1 Å². The second kappa shape index (κ2) is 29.1. The van der Waals surface area contributed by atoms with Gasteiger partial charge in [0.15, 0.2) is 0 Å². The molecule has 2 fully saturated rings. The van der Waals surface area contributed by atoms with Crippen LogP contribution in [0.15, 0.2) is 170 Å². The smallest absolute Gasteiger partial charge is 0.334 e. The van der Waals surface area contributed by atoms with Crippen LogP contribution in [0, 0.1) is 11.8 Å². The number of esters is 2. The molecule has 112 heavy (non-hydrogen) atoms. The van der Waals surface area contributed by atoms with Crippen molar-refractivity contribution >= 4 is 78.7 Å². The Labute approximate surface area is 652 Å². The van der Waals surface area contributed by atoms with Crippen molar-refractivity contribution in [1.29, 1.82) is 0 Å². The van der Waals surface area contributed by atoms with Gasteiger partial charge in [0.1, 0.15) is 106 Å². The van der Waals surface area contributed by atoms with E-state index in [0.29, 0.717) is 60.9 Å². The van der Waals surface area contributed by atoms with Crippen molar-refractivity contribution in [3.63, 3.8) is 0 Å². The van der Waals surface area contributed by atoms with Crippen molar-refractivity contribution in [2.45, 2.75) is 170 Å². The molecule has 18 nitrogen and oxygen atoms in total. The molecule has 0 radical (unpaired) electrons. The van der Waals surface area contributed by atoms with Crippen molar-refractivity contribution in [3.8, 4) is 69.0 Å². The minimum absolute atomic E-state index is 0.00433. The molecule has 2 saturated heterocycles. The highest BCUT2D eigenvalue weighted by Gasteiger charge is 2.48. The van der Waals surface area contributed by atoms with Crippen LogP contribution in [0.4, 0.5) is 0 Å². The molecule has 4 aliphatic rings. The SMILES string of the molecule is CC(C)CC(C(=O)Oc1ccc(OCC2CO2)cc1)N1C(=O)c2cc(Oc3ccc(C(C)(C)C)cc3)c3c4c(Oc5ccc(C(C)(C)C)cc5)cc5c6c(cc(Oc7ccc(C(C)(C)C)cc7)c(c7c(Oc8ccc(C(C)(C)C)cc8)cc(c2c37)C1=O)c64)C(=O)N(C(CC(C)C)C(=O)Oc1ccc(OCC2CO2)cc1)C5=O. The van der Waals surface area contributed by atoms with Gasteiger partial charge in [-0.05, 0) is 190 Å². The zero-order valence-corrected chi connectivity index (χ0v) is 66.3. The molecule has 4 amide bonds. The summed E-state index contributed by atoms with van der Waals surface area (Å²) in [5, 5.41) is 2.04. The van der Waals surface area contributed by atoms with Crippen molar-refractivity contribution in [3.05, 3.63) is 214 Å². The Balaban J connectivity index is 1.04. The molecule has 0 bridgehead atoms. The number of carbonyl (C=O) groups is 6. The molecule has 4 atom stereocenters. The molecule has 18 heteroatoms. The molecule has 576 valence electrons. The van der Waals surface area contributed by atoms with Gasteiger partial charge in [0.05, 0.1) is 35.5 Å². The Morgan fingerprint density at radius 2 is 0.562 bits per heavy atom. The quantitative estimate of drug-likeness (QED) is 0.0138. The number of rotatable bonds is 24. The van der Waals surface area contributed by atoms with Crippen molar-refractivity contribution in [2.24, 2.45) is 11.8 Å². The molecule has 4 heterocycles. The third-order valence-electron chi connectivity index (χ3n) is 21.1. The van der Waals surface area contributed by atoms with Crippen LogP contribution in [0.5, 0.6) is 69.0 Å². The molecule has 0 saturated carbocycles. The van der Waals surface area contributed by atoms with Gasteiger partial charge in [0.2, 0.25) is 0 Å². The van der Waals surface area contributed by atoms with E-state index >= 15 is 28.8 Å². The first-order valence-corrected chi connectivity index (χ1v) is 38.5. The number of epoxide rings is 2. The number of hydrogen-bond donors (Lipinski definition) is 0. The van der Waals surface area contributed by atoms with Gasteiger partial charge in [-0.1, -0.05) is 159 Å². The number of imide groups is 2. The monoisotopic (exact) mass is 1510 g/mol. The molecule has 4 aliphatic heterocycles. The second-order valence-corrected chi connectivity index (χ2v) is 34.8. The lowest BCUT2D eigenvalue weighted by Crippen LogP contribution is -2.52. The Morgan fingerprint density at radius 3 is 0.777 bits per heavy atom. The maximum atomic E-state index is 16.6. The lowest BCUT2D eigenvalue weighted by Gasteiger charge is -2.36. The van der Waals surface area contributed by atoms with Gasteiger partial charge in [0.25, 0.3) is 23.6 Å². The Bertz CT molecular complexity index is 4930. The molecule has 11 aromatic rings. The molecule has 0 aliphatic carbocycles. The van der Waals surface area contributed by atoms with Crippen LogP contribution in [0.1, 0.15) is 187 Å². The average molecular weight is 1510 g/mol. The normalized spacial score (nSPS) is 16.2. The minimum Gasteiger partial charge on any atom is -0.491 e. The van der Waals surface area contributed by atoms with Crippen molar-refractivity contribution in [1.82, 2.24) is 9.80 Å². The van der Waals surface area contributed by atoms with E-state index in [1.807, 2.05) is 125 Å². The number of amides is 4. The van der Waals surface area contributed by atoms with E-state index in [1.165, 1.54) is 0 Å². The number of carbonyl (C=O) groups excluding carboxylic acids is 6. The number of ether oxygens (including phenoxy) is 10. The van der Waals surface area contributed by atoms with Gasteiger partial charge in [-0.3, -0.25) is 29.0 Å². The first kappa shape index (κ1) is 76.0. The topological polar surface area (TPSA) is 208 Å². The largest absolute Gasteiger partial charge is 0.491 e. The van der Waals surface area contributed by atoms with Crippen LogP contribution in [-0.4, -0.2) is 96.1 Å². The standard InChI is InChI=1S/C94H94N2O16/c1-51(2)41-71(89(101)111-63-37-33-57(34-38-63)103-47-65-49-105-65)95-85(97)67-43-73(107-59-25-17-53(18-26-59)91(5,6)7)79-81-75(109-61-29-21-55(22-30-61)93(11,12)13)45-69-78-70(88(100)96(87(69)99)72(42-52(3)4)90(102)112-64-39-35-58(36-40-64)104-48-66-50-106-66)46-76(110-62-31-23-56(24-32-62)94(14,15)16)82(84(78)81)80-74(44-68(86(95)98)77(67)83(79)80)108-60-27-19-54(20-28-60)92(8,9)10/h17-40,43-46,51-52,65-66,71-72H,41-42,47-50H2,1-16H3. The number of benzene rings is 11. The molecule has 4 unspecified atom stereocenters. The van der Waals surface area contributed by atoms with Crippen LogP contribution in [0.2, 0.25) is 0 Å². The van der Waals surface area contributed by atoms with Gasteiger partial charge < -0.3 is 47.4 Å². The Hall–Kier alpha value is -11.3. The molecular formula is C94H94N2O16. The maximum absolute atomic E-state index is 16.6. The number of fused-ring (bicyclic) bond motifs is 2. The molecular weight excluding hydrogens is 1410 g/mol. The summed E-state index contributed by atoms with van der Waals surface area (Å²) in [6.07, 6.45) is 0.0276. The second-order valence-electron chi connectivity index (χ2n) is 34.8. The number of nitrogens with zero attached hydrogens (tertiary/aromatic N) is 2. The van der Waals surface area contributed by atoms with E-state index < -0.39 is 47.7 Å². The van der Waals surface area contributed by atoms with Gasteiger partial charge in [-0.2, -0.15) is 0 Å². The van der Waals surface area contributed by atoms with Crippen molar-refractivity contribution in [2.75, 3.05) is 26.4 Å². The zero-order chi connectivity index (χ0) is 79.4. The summed E-state index contributed by atoms with van der Waals surface area (Å²) in [7, 11) is 0. The number of hydrogen-bond acceptors (Lipinski definition) is 16. The van der Waals surface area contributed by atoms with Crippen LogP contribution in [0.3, 0.4) is 0 Å². The fourth-order valence-corrected chi connectivity index (χ4v) is 14.8. The summed E-state index contributed by atoms with van der Waals surface area (Å²) in [6.45, 7) is 34.8. The van der Waals surface area contributed by atoms with E-state index in [-0.39, 0.29) is 158 Å². The molecule has 15 rings (SSSR count). The summed E-state index contributed by atoms with van der Waals surface area (Å²) >= 11 is 0. The minimum atomic E-state index is -1.48. The van der Waals surface area contributed by atoms with E-state index in [1.54, 1.807) is 72.8 Å². The van der Waals surface area contributed by atoms with E-state index in [4.69, 9.17) is 47.4 Å². The summed E-state index contributed by atoms with van der Waals surface area (Å²) in [4.78, 5) is 98.8. The molecule has 0 spiro atoms. The predicted octanol–water partition coefficient (Wildman–Crippen LogP) is 20.9. The van der Waals surface area contributed by atoms with Gasteiger partial charge >= 0.3 is 11.9 Å². The summed E-state index contributed by atoms with van der Waals surface area (Å²) in [6, 6.07) is 47.1. The van der Waals surface area contributed by atoms with E-state index in [9.17, 15) is 0 Å². The average Bonchev–Trinajstić information content (AvgIpc) is 1.03. The first-order chi connectivity index (χ1) is 53.1. The summed E-state index contributed by atoms with van der Waals surface area (Å²) in [5.74, 6) is -2.38. The molecule has 0 N–H and O–H groups in total. The third-order valence-corrected chi connectivity index (χ3v) is 21.1. The highest BCUT2D eigenvalue weighted by atomic mass is 16.6. The first-order valence-electron chi connectivity index (χ1n) is 38.5. The van der Waals surface area contributed by atoms with E-state index in [0.717, 1.165) is 32.1 Å². The van der Waals surface area contributed by atoms with E-state index in [2.05, 4.69) is 83.1 Å². The van der Waals surface area contributed by atoms with Crippen LogP contribution >= 0.6 is 0 Å². The predicted molar refractivity (Wildman–Crippen MR) is 431 cm³/mol. The fourth-order valence-electron chi connectivity index (χ4n) is 14.8. The molecule has 11 aromatic carbocycles. The third kappa shape index (κ3) is 15.2. The van der Waals surface area contributed by atoms with Crippen molar-refractivity contribution < 1.29 is 76.1 Å². The van der Waals surface area contributed by atoms with Crippen LogP contribution in [-0.2, 0) is 40.7 Å². The van der Waals surface area contributed by atoms with Crippen LogP contribution < -0.4 is 37.9 Å². The van der Waals surface area contributed by atoms with Gasteiger partial charge in [-0.15, -0.1) is 0 Å². The zero-order valence-electron chi connectivity index (χ0n) is 66.3.